The molecule has 3 heterocycles. The summed E-state index contributed by atoms with van der Waals surface area (Å²) in [6.45, 7) is 2.00. The van der Waals surface area contributed by atoms with Crippen molar-refractivity contribution in [2.75, 3.05) is 0 Å². The molecule has 0 radical (unpaired) electrons. The molecule has 1 aromatic carbocycles. The summed E-state index contributed by atoms with van der Waals surface area (Å²) in [6, 6.07) is 21.8. The van der Waals surface area contributed by atoms with E-state index in [1.54, 1.807) is 11.8 Å². The first-order chi connectivity index (χ1) is 13.8. The monoisotopic (exact) mass is 385 g/mol. The SMILES string of the molecule is Cc1cc(SCc2ccc(-c3ccc(Oc4ccccc4)nc3)cn2)ccn1. The zero-order chi connectivity index (χ0) is 19.2. The second kappa shape index (κ2) is 8.67. The molecule has 0 N–H and O–H groups in total. The van der Waals surface area contributed by atoms with Crippen LogP contribution in [0.1, 0.15) is 11.4 Å². The van der Waals surface area contributed by atoms with Crippen LogP contribution in [-0.4, -0.2) is 15.0 Å². The summed E-state index contributed by atoms with van der Waals surface area (Å²) in [5.74, 6) is 2.17. The fraction of sp³-hybridized carbons (Fsp3) is 0.0870. The highest BCUT2D eigenvalue weighted by molar-refractivity contribution is 7.98. The van der Waals surface area contributed by atoms with Crippen molar-refractivity contribution in [3.8, 4) is 22.8 Å². The van der Waals surface area contributed by atoms with Crippen molar-refractivity contribution < 1.29 is 4.74 Å². The van der Waals surface area contributed by atoms with Crippen LogP contribution < -0.4 is 4.74 Å². The molecule has 0 aliphatic rings. The van der Waals surface area contributed by atoms with Crippen LogP contribution in [0.2, 0.25) is 0 Å². The van der Waals surface area contributed by atoms with Crippen LogP contribution in [0.4, 0.5) is 0 Å². The van der Waals surface area contributed by atoms with Crippen molar-refractivity contribution in [3.63, 3.8) is 0 Å². The Hall–Kier alpha value is -3.18. The topological polar surface area (TPSA) is 47.9 Å². The summed E-state index contributed by atoms with van der Waals surface area (Å²) in [5.41, 5.74) is 4.12. The van der Waals surface area contributed by atoms with Crippen LogP contribution in [-0.2, 0) is 5.75 Å². The van der Waals surface area contributed by atoms with Crippen LogP contribution in [0.5, 0.6) is 11.6 Å². The molecule has 0 spiro atoms. The Balaban J connectivity index is 1.39. The number of hydrogen-bond donors (Lipinski definition) is 0. The fourth-order valence-corrected chi connectivity index (χ4v) is 3.56. The van der Waals surface area contributed by atoms with Crippen LogP contribution >= 0.6 is 11.8 Å². The van der Waals surface area contributed by atoms with E-state index < -0.39 is 0 Å². The molecule has 4 rings (SSSR count). The van der Waals surface area contributed by atoms with Gasteiger partial charge >= 0.3 is 0 Å². The largest absolute Gasteiger partial charge is 0.439 e. The van der Waals surface area contributed by atoms with Crippen LogP contribution in [0.15, 0.2) is 90.2 Å². The van der Waals surface area contributed by atoms with Crippen molar-refractivity contribution in [1.82, 2.24) is 15.0 Å². The minimum absolute atomic E-state index is 0.573. The molecule has 3 aromatic heterocycles. The number of hydrogen-bond acceptors (Lipinski definition) is 5. The molecule has 0 atom stereocenters. The number of aryl methyl sites for hydroxylation is 1. The summed E-state index contributed by atoms with van der Waals surface area (Å²) in [4.78, 5) is 14.4. The van der Waals surface area contributed by atoms with Crippen molar-refractivity contribution in [2.45, 2.75) is 17.6 Å². The minimum atomic E-state index is 0.573. The van der Waals surface area contributed by atoms with Gasteiger partial charge in [-0.1, -0.05) is 24.3 Å². The predicted octanol–water partition coefficient (Wildman–Crippen LogP) is 5.93. The number of ether oxygens (including phenoxy) is 1. The summed E-state index contributed by atoms with van der Waals surface area (Å²) >= 11 is 1.76. The Morgan fingerprint density at radius 3 is 2.29 bits per heavy atom. The van der Waals surface area contributed by atoms with Gasteiger partial charge in [-0.3, -0.25) is 9.97 Å². The Morgan fingerprint density at radius 2 is 1.61 bits per heavy atom. The molecule has 4 nitrogen and oxygen atoms in total. The minimum Gasteiger partial charge on any atom is -0.439 e. The van der Waals surface area contributed by atoms with Gasteiger partial charge in [0.15, 0.2) is 0 Å². The molecule has 0 bridgehead atoms. The van der Waals surface area contributed by atoms with Crippen molar-refractivity contribution in [2.24, 2.45) is 0 Å². The maximum absolute atomic E-state index is 5.74. The molecule has 0 amide bonds. The van der Waals surface area contributed by atoms with E-state index in [4.69, 9.17) is 4.74 Å². The number of rotatable bonds is 6. The third-order valence-corrected chi connectivity index (χ3v) is 5.14. The lowest BCUT2D eigenvalue weighted by Gasteiger charge is -2.07. The van der Waals surface area contributed by atoms with E-state index in [-0.39, 0.29) is 0 Å². The summed E-state index contributed by atoms with van der Waals surface area (Å²) in [5, 5.41) is 0. The third kappa shape index (κ3) is 4.75. The Labute approximate surface area is 168 Å². The summed E-state index contributed by atoms with van der Waals surface area (Å²) in [7, 11) is 0. The number of thioether (sulfide) groups is 1. The van der Waals surface area contributed by atoms with Gasteiger partial charge in [0.05, 0.1) is 5.69 Å². The van der Waals surface area contributed by atoms with Gasteiger partial charge in [0, 0.05) is 52.1 Å². The van der Waals surface area contributed by atoms with Crippen molar-refractivity contribution >= 4 is 11.8 Å². The molecular formula is C23H19N3OS. The third-order valence-electron chi connectivity index (χ3n) is 4.11. The van der Waals surface area contributed by atoms with E-state index in [9.17, 15) is 0 Å². The highest BCUT2D eigenvalue weighted by atomic mass is 32.2. The fourth-order valence-electron chi connectivity index (χ4n) is 2.67. The summed E-state index contributed by atoms with van der Waals surface area (Å²) < 4.78 is 5.74. The lowest BCUT2D eigenvalue weighted by atomic mass is 10.1. The van der Waals surface area contributed by atoms with Crippen LogP contribution in [0.3, 0.4) is 0 Å². The molecule has 0 saturated carbocycles. The van der Waals surface area contributed by atoms with E-state index in [2.05, 4.69) is 33.2 Å². The number of aromatic nitrogens is 3. The zero-order valence-electron chi connectivity index (χ0n) is 15.4. The van der Waals surface area contributed by atoms with Crippen LogP contribution in [0, 0.1) is 6.92 Å². The standard InChI is InChI=1S/C23H19N3OS/c1-17-13-22(11-12-24-17)28-16-20-9-7-18(14-25-20)19-8-10-23(26-15-19)27-21-5-3-2-4-6-21/h2-15H,16H2,1H3. The number of para-hydroxylation sites is 1. The maximum Gasteiger partial charge on any atom is 0.219 e. The van der Waals surface area contributed by atoms with E-state index in [1.165, 1.54) is 4.90 Å². The maximum atomic E-state index is 5.74. The van der Waals surface area contributed by atoms with Crippen molar-refractivity contribution in [3.05, 3.63) is 96.7 Å². The number of benzene rings is 1. The number of pyridine rings is 3. The zero-order valence-corrected chi connectivity index (χ0v) is 16.3. The Kier molecular flexibility index (Phi) is 5.64. The first-order valence-corrected chi connectivity index (χ1v) is 9.94. The molecule has 0 saturated heterocycles. The number of nitrogens with zero attached hydrogens (tertiary/aromatic N) is 3. The molecule has 0 fully saturated rings. The molecule has 0 aliphatic heterocycles. The first-order valence-electron chi connectivity index (χ1n) is 8.96. The highest BCUT2D eigenvalue weighted by Gasteiger charge is 2.04. The van der Waals surface area contributed by atoms with Crippen LogP contribution in [0.25, 0.3) is 11.1 Å². The van der Waals surface area contributed by atoms with Gasteiger partial charge in [0.25, 0.3) is 0 Å². The lowest BCUT2D eigenvalue weighted by Crippen LogP contribution is -1.90. The van der Waals surface area contributed by atoms with Gasteiger partial charge in [-0.15, -0.1) is 11.8 Å². The van der Waals surface area contributed by atoms with Gasteiger partial charge in [0.1, 0.15) is 5.75 Å². The van der Waals surface area contributed by atoms with Gasteiger partial charge in [-0.2, -0.15) is 0 Å². The smallest absolute Gasteiger partial charge is 0.219 e. The van der Waals surface area contributed by atoms with E-state index >= 15 is 0 Å². The molecular weight excluding hydrogens is 366 g/mol. The molecule has 28 heavy (non-hydrogen) atoms. The molecule has 5 heteroatoms. The molecule has 138 valence electrons. The second-order valence-corrected chi connectivity index (χ2v) is 7.31. The lowest BCUT2D eigenvalue weighted by molar-refractivity contribution is 0.463. The molecule has 0 unspecified atom stereocenters. The quantitative estimate of drug-likeness (QED) is 0.385. The average molecular weight is 385 g/mol. The highest BCUT2D eigenvalue weighted by Crippen LogP contribution is 2.25. The normalized spacial score (nSPS) is 10.6. The Morgan fingerprint density at radius 1 is 0.821 bits per heavy atom. The Bertz CT molecular complexity index is 1040. The van der Waals surface area contributed by atoms with Gasteiger partial charge < -0.3 is 4.74 Å². The van der Waals surface area contributed by atoms with E-state index in [1.807, 2.05) is 74.0 Å². The van der Waals surface area contributed by atoms with E-state index in [0.717, 1.165) is 34.0 Å². The van der Waals surface area contributed by atoms with Gasteiger partial charge in [0.2, 0.25) is 5.88 Å². The first kappa shape index (κ1) is 18.2. The van der Waals surface area contributed by atoms with Gasteiger partial charge in [-0.05, 0) is 43.3 Å². The molecule has 4 aromatic rings. The predicted molar refractivity (Wildman–Crippen MR) is 113 cm³/mol. The molecule has 0 aliphatic carbocycles. The van der Waals surface area contributed by atoms with Gasteiger partial charge in [-0.25, -0.2) is 4.98 Å². The average Bonchev–Trinajstić information content (AvgIpc) is 2.74. The van der Waals surface area contributed by atoms with E-state index in [0.29, 0.717) is 5.88 Å². The second-order valence-electron chi connectivity index (χ2n) is 6.26. The summed E-state index contributed by atoms with van der Waals surface area (Å²) in [6.07, 6.45) is 5.54. The van der Waals surface area contributed by atoms with Crippen molar-refractivity contribution in [1.29, 1.82) is 0 Å².